The minimum atomic E-state index is 1.18. The normalized spacial score (nSPS) is 18.0. The van der Waals surface area contributed by atoms with Gasteiger partial charge in [-0.25, -0.2) is 5.32 Å². The Morgan fingerprint density at radius 2 is 1.86 bits per heavy atom. The molecule has 3 heteroatoms. The lowest BCUT2D eigenvalue weighted by atomic mass is 10.3. The van der Waals surface area contributed by atoms with E-state index in [1.165, 1.54) is 37.8 Å². The molecule has 1 N–H and O–H groups in total. The monoisotopic (exact) mass is 188 g/mol. The molecule has 0 saturated carbocycles. The van der Waals surface area contributed by atoms with Gasteiger partial charge >= 0.3 is 5.96 Å². The molecule has 3 rings (SSSR count). The molecular weight excluding hydrogens is 174 g/mol. The van der Waals surface area contributed by atoms with E-state index in [9.17, 15) is 0 Å². The largest absolute Gasteiger partial charge is 0.353 e. The van der Waals surface area contributed by atoms with Crippen LogP contribution < -0.4 is 5.32 Å². The number of nitrogens with zero attached hydrogens (tertiary/aromatic N) is 2. The van der Waals surface area contributed by atoms with Crippen LogP contribution in [0.1, 0.15) is 0 Å². The number of nitrogens with one attached hydrogen (secondary N) is 1. The predicted molar refractivity (Wildman–Crippen MR) is 56.6 cm³/mol. The third kappa shape index (κ3) is 1.58. The molecule has 0 unspecified atom stereocenters. The number of benzene rings is 1. The number of hydrogen-bond donors (Lipinski definition) is 1. The summed E-state index contributed by atoms with van der Waals surface area (Å²) < 4.78 is 2.36. The molecule has 0 atom stereocenters. The van der Waals surface area contributed by atoms with Crippen molar-refractivity contribution in [3.05, 3.63) is 30.3 Å². The lowest BCUT2D eigenvalue weighted by molar-refractivity contribution is -0.341. The van der Waals surface area contributed by atoms with E-state index in [0.717, 1.165) is 0 Å². The Bertz CT molecular complexity index is 359. The standard InChI is InChI=1S/C11H13N3/c1-2-4-10(5-3-1)12-11(13-6-7-13)14-8-9-14/h1-5H,6-9H2/p+1. The SMILES string of the molecule is c1ccc(NC(N2CC2)=[N+]2CC2)cc1. The van der Waals surface area contributed by atoms with Crippen LogP contribution in [0.25, 0.3) is 0 Å². The number of para-hydroxylation sites is 1. The summed E-state index contributed by atoms with van der Waals surface area (Å²) in [5.74, 6) is 1.29. The number of guanidine groups is 1. The van der Waals surface area contributed by atoms with Crippen molar-refractivity contribution in [2.24, 2.45) is 0 Å². The van der Waals surface area contributed by atoms with Crippen molar-refractivity contribution in [2.75, 3.05) is 31.5 Å². The molecule has 2 aliphatic rings. The maximum absolute atomic E-state index is 3.47. The summed E-state index contributed by atoms with van der Waals surface area (Å²) in [6.07, 6.45) is 0. The Morgan fingerprint density at radius 3 is 2.43 bits per heavy atom. The molecule has 2 saturated heterocycles. The fourth-order valence-electron chi connectivity index (χ4n) is 1.53. The van der Waals surface area contributed by atoms with Gasteiger partial charge < -0.3 is 0 Å². The topological polar surface area (TPSA) is 18.0 Å². The maximum Gasteiger partial charge on any atom is 0.353 e. The molecule has 0 amide bonds. The minimum absolute atomic E-state index is 1.18. The summed E-state index contributed by atoms with van der Waals surface area (Å²) in [6.45, 7) is 4.80. The van der Waals surface area contributed by atoms with Crippen molar-refractivity contribution in [1.82, 2.24) is 4.90 Å². The minimum Gasteiger partial charge on any atom is -0.258 e. The van der Waals surface area contributed by atoms with Crippen molar-refractivity contribution in [2.45, 2.75) is 0 Å². The smallest absolute Gasteiger partial charge is 0.258 e. The van der Waals surface area contributed by atoms with E-state index in [4.69, 9.17) is 0 Å². The number of hydrogen-bond acceptors (Lipinski definition) is 0. The molecule has 1 aromatic rings. The third-order valence-electron chi connectivity index (χ3n) is 2.52. The second-order valence-electron chi connectivity index (χ2n) is 3.79. The van der Waals surface area contributed by atoms with Crippen molar-refractivity contribution in [3.8, 4) is 0 Å². The van der Waals surface area contributed by atoms with Gasteiger partial charge in [0.05, 0.1) is 31.9 Å². The summed E-state index contributed by atoms with van der Waals surface area (Å²) in [4.78, 5) is 2.36. The molecule has 14 heavy (non-hydrogen) atoms. The summed E-state index contributed by atoms with van der Waals surface area (Å²) >= 11 is 0. The van der Waals surface area contributed by atoms with Crippen LogP contribution in [0, 0.1) is 0 Å². The highest BCUT2D eigenvalue weighted by atomic mass is 15.4. The molecule has 1 aromatic carbocycles. The van der Waals surface area contributed by atoms with E-state index >= 15 is 0 Å². The van der Waals surface area contributed by atoms with E-state index in [2.05, 4.69) is 39.1 Å². The summed E-state index contributed by atoms with van der Waals surface area (Å²) in [7, 11) is 0. The van der Waals surface area contributed by atoms with Gasteiger partial charge in [0.25, 0.3) is 0 Å². The Balaban J connectivity index is 1.80. The summed E-state index contributed by atoms with van der Waals surface area (Å²) in [5.41, 5.74) is 1.18. The number of rotatable bonds is 1. The van der Waals surface area contributed by atoms with Gasteiger partial charge in [-0.1, -0.05) is 18.2 Å². The first-order valence-corrected chi connectivity index (χ1v) is 5.12. The van der Waals surface area contributed by atoms with Gasteiger partial charge in [0.1, 0.15) is 0 Å². The van der Waals surface area contributed by atoms with Crippen molar-refractivity contribution >= 4 is 11.6 Å². The Kier molecular flexibility index (Phi) is 1.69. The van der Waals surface area contributed by atoms with Gasteiger partial charge in [-0.05, 0) is 12.1 Å². The van der Waals surface area contributed by atoms with Gasteiger partial charge in [0.2, 0.25) is 0 Å². The molecule has 0 aliphatic carbocycles. The Morgan fingerprint density at radius 1 is 1.14 bits per heavy atom. The first-order valence-electron chi connectivity index (χ1n) is 5.12. The van der Waals surface area contributed by atoms with Crippen molar-refractivity contribution in [1.29, 1.82) is 0 Å². The zero-order valence-corrected chi connectivity index (χ0v) is 8.11. The molecule has 0 bridgehead atoms. The van der Waals surface area contributed by atoms with Crippen LogP contribution >= 0.6 is 0 Å². The van der Waals surface area contributed by atoms with Gasteiger partial charge in [-0.2, -0.15) is 0 Å². The first-order chi connectivity index (χ1) is 6.93. The third-order valence-corrected chi connectivity index (χ3v) is 2.52. The first kappa shape index (κ1) is 7.85. The van der Waals surface area contributed by atoms with Crippen LogP contribution in [-0.2, 0) is 0 Å². The Labute approximate surface area is 83.7 Å². The van der Waals surface area contributed by atoms with Crippen LogP contribution in [0.3, 0.4) is 0 Å². The predicted octanol–water partition coefficient (Wildman–Crippen LogP) is 0.796. The van der Waals surface area contributed by atoms with Crippen LogP contribution in [0.5, 0.6) is 0 Å². The van der Waals surface area contributed by atoms with E-state index < -0.39 is 0 Å². The van der Waals surface area contributed by atoms with Crippen LogP contribution in [0.15, 0.2) is 30.3 Å². The van der Waals surface area contributed by atoms with Gasteiger partial charge in [-0.15, -0.1) is 0 Å². The van der Waals surface area contributed by atoms with E-state index in [-0.39, 0.29) is 0 Å². The quantitative estimate of drug-likeness (QED) is 0.399. The molecule has 3 nitrogen and oxygen atoms in total. The molecule has 0 spiro atoms. The highest BCUT2D eigenvalue weighted by Crippen LogP contribution is 2.13. The molecular formula is C11H14N3+. The highest BCUT2D eigenvalue weighted by molar-refractivity contribution is 5.91. The fourth-order valence-corrected chi connectivity index (χ4v) is 1.53. The maximum atomic E-state index is 3.47. The Hall–Kier alpha value is -1.51. The van der Waals surface area contributed by atoms with Crippen molar-refractivity contribution in [3.63, 3.8) is 0 Å². The van der Waals surface area contributed by atoms with Crippen molar-refractivity contribution < 1.29 is 4.58 Å². The summed E-state index contributed by atoms with van der Waals surface area (Å²) in [5, 5.41) is 3.47. The lowest BCUT2D eigenvalue weighted by Crippen LogP contribution is -2.25. The van der Waals surface area contributed by atoms with Gasteiger partial charge in [-0.3, -0.25) is 9.48 Å². The zero-order chi connectivity index (χ0) is 9.38. The lowest BCUT2D eigenvalue weighted by Gasteiger charge is -2.02. The highest BCUT2D eigenvalue weighted by Gasteiger charge is 2.35. The number of anilines is 1. The average molecular weight is 188 g/mol. The molecule has 2 aliphatic heterocycles. The molecule has 2 heterocycles. The van der Waals surface area contributed by atoms with Crippen LogP contribution in [-0.4, -0.2) is 41.6 Å². The summed E-state index contributed by atoms with van der Waals surface area (Å²) in [6, 6.07) is 10.4. The van der Waals surface area contributed by atoms with E-state index in [1.54, 1.807) is 0 Å². The molecule has 2 fully saturated rings. The molecule has 0 radical (unpaired) electrons. The second-order valence-corrected chi connectivity index (χ2v) is 3.79. The fraction of sp³-hybridized carbons (Fsp3) is 0.364. The van der Waals surface area contributed by atoms with E-state index in [0.29, 0.717) is 0 Å². The van der Waals surface area contributed by atoms with Gasteiger partial charge in [0.15, 0.2) is 0 Å². The van der Waals surface area contributed by atoms with E-state index in [1.807, 2.05) is 6.07 Å². The van der Waals surface area contributed by atoms with Crippen LogP contribution in [0.4, 0.5) is 5.69 Å². The molecule has 72 valence electrons. The van der Waals surface area contributed by atoms with Gasteiger partial charge in [0, 0.05) is 0 Å². The second kappa shape index (κ2) is 3.01. The zero-order valence-electron chi connectivity index (χ0n) is 8.11. The van der Waals surface area contributed by atoms with Crippen LogP contribution in [0.2, 0.25) is 0 Å². The average Bonchev–Trinajstić information content (AvgIpc) is 3.08. The molecule has 0 aromatic heterocycles.